The van der Waals surface area contributed by atoms with E-state index in [1.54, 1.807) is 55.5 Å². The fourth-order valence-corrected chi connectivity index (χ4v) is 3.26. The highest BCUT2D eigenvalue weighted by Gasteiger charge is 2.17. The molecule has 1 atom stereocenters. The van der Waals surface area contributed by atoms with Crippen molar-refractivity contribution in [3.05, 3.63) is 83.8 Å². The minimum Gasteiger partial charge on any atom is -0.488 e. The predicted molar refractivity (Wildman–Crippen MR) is 125 cm³/mol. The lowest BCUT2D eigenvalue weighted by atomic mass is 10.1. The molecule has 174 valence electrons. The number of ether oxygens (including phenoxy) is 1. The van der Waals surface area contributed by atoms with E-state index in [4.69, 9.17) is 9.26 Å². The van der Waals surface area contributed by atoms with Crippen LogP contribution < -0.4 is 15.4 Å². The number of benzene rings is 2. The molecule has 10 heteroatoms. The van der Waals surface area contributed by atoms with Crippen molar-refractivity contribution >= 4 is 23.2 Å². The molecule has 0 radical (unpaired) electrons. The van der Waals surface area contributed by atoms with Crippen molar-refractivity contribution < 1.29 is 18.8 Å². The van der Waals surface area contributed by atoms with Crippen LogP contribution in [0.2, 0.25) is 0 Å². The van der Waals surface area contributed by atoms with Crippen LogP contribution in [0.4, 0.5) is 11.4 Å². The minimum absolute atomic E-state index is 0.230. The van der Waals surface area contributed by atoms with Crippen molar-refractivity contribution in [1.29, 1.82) is 0 Å². The van der Waals surface area contributed by atoms with Crippen LogP contribution in [0.15, 0.2) is 65.7 Å². The minimum atomic E-state index is -0.510. The first-order chi connectivity index (χ1) is 16.4. The van der Waals surface area contributed by atoms with Gasteiger partial charge in [-0.25, -0.2) is 9.67 Å². The Balaban J connectivity index is 1.39. The summed E-state index contributed by atoms with van der Waals surface area (Å²) in [6, 6.07) is 13.3. The Morgan fingerprint density at radius 3 is 2.41 bits per heavy atom. The fourth-order valence-electron chi connectivity index (χ4n) is 3.26. The third kappa shape index (κ3) is 5.12. The Morgan fingerprint density at radius 1 is 1.06 bits per heavy atom. The summed E-state index contributed by atoms with van der Waals surface area (Å²) < 4.78 is 12.5. The molecule has 2 amide bonds. The monoisotopic (exact) mass is 460 g/mol. The summed E-state index contributed by atoms with van der Waals surface area (Å²) in [6.07, 6.45) is 2.86. The van der Waals surface area contributed by atoms with Gasteiger partial charge in [0.05, 0.1) is 16.8 Å². The van der Waals surface area contributed by atoms with Gasteiger partial charge in [-0.05, 0) is 57.2 Å². The second-order valence-corrected chi connectivity index (χ2v) is 7.66. The van der Waals surface area contributed by atoms with E-state index in [1.165, 1.54) is 17.3 Å². The first-order valence-corrected chi connectivity index (χ1v) is 10.6. The van der Waals surface area contributed by atoms with Gasteiger partial charge in [-0.2, -0.15) is 5.10 Å². The molecule has 2 heterocycles. The summed E-state index contributed by atoms with van der Waals surface area (Å²) in [5, 5.41) is 13.6. The number of hydrogen-bond acceptors (Lipinski definition) is 7. The van der Waals surface area contributed by atoms with E-state index >= 15 is 0 Å². The summed E-state index contributed by atoms with van der Waals surface area (Å²) in [5.74, 6) is 0.589. The van der Waals surface area contributed by atoms with E-state index in [1.807, 2.05) is 13.8 Å². The van der Waals surface area contributed by atoms with Gasteiger partial charge in [0.25, 0.3) is 5.91 Å². The summed E-state index contributed by atoms with van der Waals surface area (Å²) in [7, 11) is 0. The maximum absolute atomic E-state index is 12.9. The number of nitrogens with one attached hydrogen (secondary N) is 2. The zero-order chi connectivity index (χ0) is 24.1. The zero-order valence-corrected chi connectivity index (χ0v) is 19.0. The number of hydrogen-bond donors (Lipinski definition) is 2. The molecule has 0 spiro atoms. The number of para-hydroxylation sites is 1. The molecule has 4 aromatic rings. The van der Waals surface area contributed by atoms with Gasteiger partial charge in [0.2, 0.25) is 5.91 Å². The van der Waals surface area contributed by atoms with E-state index < -0.39 is 6.04 Å². The lowest BCUT2D eigenvalue weighted by Crippen LogP contribution is -2.24. The van der Waals surface area contributed by atoms with Crippen LogP contribution in [-0.4, -0.2) is 31.7 Å². The molecule has 0 fully saturated rings. The van der Waals surface area contributed by atoms with Crippen molar-refractivity contribution in [1.82, 2.24) is 19.9 Å². The van der Waals surface area contributed by atoms with Crippen LogP contribution in [0.3, 0.4) is 0 Å². The highest BCUT2D eigenvalue weighted by molar-refractivity contribution is 6.06. The molecule has 10 nitrogen and oxygen atoms in total. The quantitative estimate of drug-likeness (QED) is 0.408. The van der Waals surface area contributed by atoms with E-state index in [0.717, 1.165) is 11.3 Å². The van der Waals surface area contributed by atoms with Crippen LogP contribution >= 0.6 is 0 Å². The number of nitrogens with zero attached hydrogens (tertiary/aromatic N) is 4. The maximum atomic E-state index is 12.9. The van der Waals surface area contributed by atoms with Gasteiger partial charge in [0, 0.05) is 11.4 Å². The fraction of sp³-hybridized carbons (Fsp3) is 0.208. The Kier molecular flexibility index (Phi) is 6.67. The molecule has 0 bridgehead atoms. The van der Waals surface area contributed by atoms with Crippen molar-refractivity contribution in [3.8, 4) is 5.75 Å². The lowest BCUT2D eigenvalue weighted by molar-refractivity contribution is -0.119. The van der Waals surface area contributed by atoms with Crippen molar-refractivity contribution in [2.24, 2.45) is 0 Å². The average Bonchev–Trinajstić information content (AvgIpc) is 3.49. The second-order valence-electron chi connectivity index (χ2n) is 7.66. The third-order valence-corrected chi connectivity index (χ3v) is 5.31. The van der Waals surface area contributed by atoms with Gasteiger partial charge in [-0.1, -0.05) is 17.3 Å². The van der Waals surface area contributed by atoms with Crippen molar-refractivity contribution in [2.45, 2.75) is 33.4 Å². The zero-order valence-electron chi connectivity index (χ0n) is 19.0. The number of rotatable bonds is 8. The number of aromatic nitrogens is 4. The molecule has 0 aliphatic heterocycles. The molecule has 1 unspecified atom stereocenters. The van der Waals surface area contributed by atoms with Crippen LogP contribution in [0.25, 0.3) is 0 Å². The van der Waals surface area contributed by atoms with Crippen LogP contribution in [0.5, 0.6) is 5.75 Å². The Bertz CT molecular complexity index is 1260. The van der Waals surface area contributed by atoms with E-state index in [-0.39, 0.29) is 18.4 Å². The molecular weight excluding hydrogens is 436 g/mol. The molecule has 0 saturated carbocycles. The van der Waals surface area contributed by atoms with Gasteiger partial charge in [-0.3, -0.25) is 9.59 Å². The number of anilines is 2. The van der Waals surface area contributed by atoms with E-state index in [2.05, 4.69) is 25.9 Å². The highest BCUT2D eigenvalue weighted by atomic mass is 16.5. The Labute approximate surface area is 195 Å². The number of carbonyl (C=O) groups excluding carboxylic acids is 2. The van der Waals surface area contributed by atoms with E-state index in [0.29, 0.717) is 28.4 Å². The van der Waals surface area contributed by atoms with Crippen molar-refractivity contribution in [3.63, 3.8) is 0 Å². The first-order valence-electron chi connectivity index (χ1n) is 10.6. The van der Waals surface area contributed by atoms with Gasteiger partial charge >= 0.3 is 0 Å². The summed E-state index contributed by atoms with van der Waals surface area (Å²) >= 11 is 0. The smallest absolute Gasteiger partial charge is 0.259 e. The molecule has 0 saturated heterocycles. The molecule has 2 aromatic carbocycles. The van der Waals surface area contributed by atoms with E-state index in [9.17, 15) is 9.59 Å². The molecule has 2 N–H and O–H groups in total. The summed E-state index contributed by atoms with van der Waals surface area (Å²) in [4.78, 5) is 29.1. The average molecular weight is 460 g/mol. The second kappa shape index (κ2) is 9.99. The maximum Gasteiger partial charge on any atom is 0.259 e. The first kappa shape index (κ1) is 22.7. The molecular formula is C24H24N6O4. The van der Waals surface area contributed by atoms with Crippen LogP contribution in [0, 0.1) is 13.8 Å². The largest absolute Gasteiger partial charge is 0.488 e. The Morgan fingerprint density at radius 2 is 1.76 bits per heavy atom. The molecule has 34 heavy (non-hydrogen) atoms. The van der Waals surface area contributed by atoms with Crippen molar-refractivity contribution in [2.75, 3.05) is 10.6 Å². The lowest BCUT2D eigenvalue weighted by Gasteiger charge is -2.13. The van der Waals surface area contributed by atoms with Gasteiger partial charge < -0.3 is 19.9 Å². The molecule has 4 rings (SSSR count). The molecule has 0 aliphatic rings. The van der Waals surface area contributed by atoms with Crippen LogP contribution in [0.1, 0.15) is 40.3 Å². The summed E-state index contributed by atoms with van der Waals surface area (Å²) in [6.45, 7) is 5.63. The Hall–Kier alpha value is -4.47. The van der Waals surface area contributed by atoms with Crippen LogP contribution in [-0.2, 0) is 11.4 Å². The number of amides is 2. The number of aryl methyl sites for hydroxylation is 2. The standard InChI is InChI=1S/C24H24N6O4/c1-15-21(17(3)34-29-15)12-33-22-7-5-4-6-20(22)24(32)28-19-10-8-18(9-11-19)27-23(31)16(2)30-14-25-13-26-30/h4-11,13-14,16H,12H2,1-3H3,(H,27,31)(H,28,32). The van der Waals surface area contributed by atoms with Gasteiger partial charge in [0.1, 0.15) is 36.8 Å². The third-order valence-electron chi connectivity index (χ3n) is 5.31. The molecule has 2 aromatic heterocycles. The van der Waals surface area contributed by atoms with Gasteiger partial charge in [0.15, 0.2) is 0 Å². The predicted octanol–water partition coefficient (Wildman–Crippen LogP) is 3.91. The topological polar surface area (TPSA) is 124 Å². The molecule has 0 aliphatic carbocycles. The van der Waals surface area contributed by atoms with Gasteiger partial charge in [-0.15, -0.1) is 0 Å². The summed E-state index contributed by atoms with van der Waals surface area (Å²) in [5.41, 5.74) is 3.17. The number of carbonyl (C=O) groups is 2. The SMILES string of the molecule is Cc1noc(C)c1COc1ccccc1C(=O)Nc1ccc(NC(=O)C(C)n2cncn2)cc1. The normalized spacial score (nSPS) is 11.6. The highest BCUT2D eigenvalue weighted by Crippen LogP contribution is 2.23.